The molecule has 0 radical (unpaired) electrons. The van der Waals surface area contributed by atoms with Gasteiger partial charge in [0.15, 0.2) is 5.72 Å². The summed E-state index contributed by atoms with van der Waals surface area (Å²) in [5.41, 5.74) is -1.76. The van der Waals surface area contributed by atoms with Crippen LogP contribution in [-0.4, -0.2) is 29.4 Å². The number of ether oxygens (including phenoxy) is 2. The monoisotopic (exact) mass is 337 g/mol. The highest BCUT2D eigenvalue weighted by atomic mass is 16.6. The lowest BCUT2D eigenvalue weighted by Crippen LogP contribution is -2.47. The Bertz CT molecular complexity index is 538. The van der Waals surface area contributed by atoms with Crippen LogP contribution in [0.2, 0.25) is 0 Å². The zero-order valence-corrected chi connectivity index (χ0v) is 14.8. The number of esters is 1. The van der Waals surface area contributed by atoms with Crippen molar-refractivity contribution in [1.82, 2.24) is 5.32 Å². The summed E-state index contributed by atoms with van der Waals surface area (Å²) in [6.07, 6.45) is -0.0290. The highest BCUT2D eigenvalue weighted by molar-refractivity contribution is 5.70. The van der Waals surface area contributed by atoms with Crippen LogP contribution >= 0.6 is 0 Å². The first-order chi connectivity index (χ1) is 11.2. The maximum Gasteiger partial charge on any atom is 0.410 e. The number of hydrogen-bond acceptors (Lipinski definition) is 5. The van der Waals surface area contributed by atoms with Crippen LogP contribution in [0, 0.1) is 0 Å². The Kier molecular flexibility index (Phi) is 7.22. The molecule has 134 valence electrons. The van der Waals surface area contributed by atoms with Gasteiger partial charge in [0, 0.05) is 18.4 Å². The van der Waals surface area contributed by atoms with E-state index in [1.54, 1.807) is 52.0 Å². The predicted octanol–water partition coefficient (Wildman–Crippen LogP) is 3.09. The van der Waals surface area contributed by atoms with Gasteiger partial charge in [0.2, 0.25) is 0 Å². The number of hydrogen-bond donors (Lipinski definition) is 2. The average molecular weight is 337 g/mol. The molecule has 6 heteroatoms. The van der Waals surface area contributed by atoms with Gasteiger partial charge in [0.1, 0.15) is 5.60 Å². The van der Waals surface area contributed by atoms with Crippen molar-refractivity contribution < 1.29 is 24.2 Å². The second-order valence-electron chi connectivity index (χ2n) is 6.51. The summed E-state index contributed by atoms with van der Waals surface area (Å²) in [7, 11) is 0. The molecule has 1 amide bonds. The van der Waals surface area contributed by atoms with E-state index in [1.807, 2.05) is 6.07 Å². The maximum absolute atomic E-state index is 12.1. The molecular weight excluding hydrogens is 310 g/mol. The van der Waals surface area contributed by atoms with Gasteiger partial charge in [-0.3, -0.25) is 10.1 Å². The highest BCUT2D eigenvalue weighted by Crippen LogP contribution is 2.25. The molecular formula is C18H27NO5. The fourth-order valence-corrected chi connectivity index (χ4v) is 2.19. The predicted molar refractivity (Wildman–Crippen MR) is 90.2 cm³/mol. The Hall–Kier alpha value is -2.08. The van der Waals surface area contributed by atoms with E-state index in [-0.39, 0.29) is 18.8 Å². The molecule has 1 aromatic carbocycles. The second kappa shape index (κ2) is 8.68. The zero-order valence-electron chi connectivity index (χ0n) is 14.8. The minimum atomic E-state index is -1.61. The van der Waals surface area contributed by atoms with Gasteiger partial charge in [0.25, 0.3) is 0 Å². The lowest BCUT2D eigenvalue weighted by atomic mass is 9.97. The molecule has 2 N–H and O–H groups in total. The molecule has 0 heterocycles. The van der Waals surface area contributed by atoms with E-state index in [1.165, 1.54) is 0 Å². The Balaban J connectivity index is 2.80. The van der Waals surface area contributed by atoms with Crippen molar-refractivity contribution in [2.45, 2.75) is 58.3 Å². The van der Waals surface area contributed by atoms with Crippen LogP contribution in [0.1, 0.15) is 52.5 Å². The van der Waals surface area contributed by atoms with E-state index in [0.717, 1.165) is 0 Å². The third-order valence-electron chi connectivity index (χ3n) is 3.18. The summed E-state index contributed by atoms with van der Waals surface area (Å²) < 4.78 is 10.1. The third-order valence-corrected chi connectivity index (χ3v) is 3.18. The van der Waals surface area contributed by atoms with Gasteiger partial charge in [-0.25, -0.2) is 4.79 Å². The number of nitrogens with one attached hydrogen (secondary N) is 1. The summed E-state index contributed by atoms with van der Waals surface area (Å²) in [5.74, 6) is -0.329. The molecule has 0 aliphatic carbocycles. The number of amides is 1. The van der Waals surface area contributed by atoms with Gasteiger partial charge in [-0.05, 0) is 34.1 Å². The van der Waals surface area contributed by atoms with Crippen LogP contribution in [0.4, 0.5) is 4.79 Å². The zero-order chi connectivity index (χ0) is 18.2. The van der Waals surface area contributed by atoms with Gasteiger partial charge in [-0.1, -0.05) is 30.3 Å². The second-order valence-corrected chi connectivity index (χ2v) is 6.51. The molecule has 1 aromatic rings. The number of rotatable bonds is 7. The van der Waals surface area contributed by atoms with E-state index in [0.29, 0.717) is 18.6 Å². The average Bonchev–Trinajstić information content (AvgIpc) is 2.46. The maximum atomic E-state index is 12.1. The van der Waals surface area contributed by atoms with Gasteiger partial charge >= 0.3 is 12.1 Å². The Labute approximate surface area is 143 Å². The summed E-state index contributed by atoms with van der Waals surface area (Å²) in [5, 5.41) is 13.4. The molecule has 0 saturated carbocycles. The summed E-state index contributed by atoms with van der Waals surface area (Å²) >= 11 is 0. The van der Waals surface area contributed by atoms with Crippen LogP contribution in [0.5, 0.6) is 0 Å². The molecule has 0 aliphatic rings. The summed E-state index contributed by atoms with van der Waals surface area (Å²) in [4.78, 5) is 23.5. The lowest BCUT2D eigenvalue weighted by molar-refractivity contribution is -0.143. The molecule has 6 nitrogen and oxygen atoms in total. The number of benzene rings is 1. The minimum absolute atomic E-state index is 0.162. The summed E-state index contributed by atoms with van der Waals surface area (Å²) in [6, 6.07) is 8.77. The molecule has 0 aliphatic heterocycles. The molecule has 0 bridgehead atoms. The van der Waals surface area contributed by atoms with Crippen LogP contribution < -0.4 is 5.32 Å². The van der Waals surface area contributed by atoms with E-state index < -0.39 is 17.4 Å². The van der Waals surface area contributed by atoms with Crippen LogP contribution in [0.15, 0.2) is 30.3 Å². The fourth-order valence-electron chi connectivity index (χ4n) is 2.19. The van der Waals surface area contributed by atoms with Crippen molar-refractivity contribution in [3.05, 3.63) is 35.9 Å². The van der Waals surface area contributed by atoms with E-state index >= 15 is 0 Å². The molecule has 1 atom stereocenters. The van der Waals surface area contributed by atoms with Crippen LogP contribution in [-0.2, 0) is 20.0 Å². The smallest absolute Gasteiger partial charge is 0.410 e. The molecule has 0 spiro atoms. The van der Waals surface area contributed by atoms with Gasteiger partial charge in [-0.2, -0.15) is 0 Å². The Morgan fingerprint density at radius 2 is 1.79 bits per heavy atom. The first-order valence-electron chi connectivity index (χ1n) is 8.11. The minimum Gasteiger partial charge on any atom is -0.466 e. The van der Waals surface area contributed by atoms with Crippen molar-refractivity contribution in [2.75, 3.05) is 6.61 Å². The number of alkyl carbamates (subject to hydrolysis) is 1. The standard InChI is InChI=1S/C18H27NO5/c1-5-23-15(20)12-9-13-18(22,14-10-7-6-8-11-14)19-16(21)24-17(2,3)4/h6-8,10-11,22H,5,9,12-13H2,1-4H3,(H,19,21). The SMILES string of the molecule is CCOC(=O)CCCC(O)(NC(=O)OC(C)(C)C)c1ccccc1. The Morgan fingerprint density at radius 3 is 2.33 bits per heavy atom. The first-order valence-corrected chi connectivity index (χ1v) is 8.11. The molecule has 0 aromatic heterocycles. The molecule has 24 heavy (non-hydrogen) atoms. The highest BCUT2D eigenvalue weighted by Gasteiger charge is 2.32. The number of aliphatic hydroxyl groups is 1. The van der Waals surface area contributed by atoms with Gasteiger partial charge in [-0.15, -0.1) is 0 Å². The summed E-state index contributed by atoms with van der Waals surface area (Å²) in [6.45, 7) is 7.29. The van der Waals surface area contributed by atoms with Crippen LogP contribution in [0.3, 0.4) is 0 Å². The van der Waals surface area contributed by atoms with E-state index in [2.05, 4.69) is 5.32 Å². The largest absolute Gasteiger partial charge is 0.466 e. The third kappa shape index (κ3) is 7.00. The molecule has 0 fully saturated rings. The fraction of sp³-hybridized carbons (Fsp3) is 0.556. The number of carbonyl (C=O) groups is 2. The van der Waals surface area contributed by atoms with Gasteiger partial charge in [0.05, 0.1) is 6.61 Å². The van der Waals surface area contributed by atoms with E-state index in [9.17, 15) is 14.7 Å². The van der Waals surface area contributed by atoms with Crippen molar-refractivity contribution in [3.63, 3.8) is 0 Å². The van der Waals surface area contributed by atoms with Crippen LogP contribution in [0.25, 0.3) is 0 Å². The normalized spacial score (nSPS) is 13.7. The molecule has 1 rings (SSSR count). The van der Waals surface area contributed by atoms with Crippen molar-refractivity contribution in [1.29, 1.82) is 0 Å². The van der Waals surface area contributed by atoms with Crippen molar-refractivity contribution in [3.8, 4) is 0 Å². The molecule has 0 saturated heterocycles. The topological polar surface area (TPSA) is 84.9 Å². The van der Waals surface area contributed by atoms with E-state index in [4.69, 9.17) is 9.47 Å². The lowest BCUT2D eigenvalue weighted by Gasteiger charge is -2.31. The van der Waals surface area contributed by atoms with Gasteiger partial charge < -0.3 is 14.6 Å². The Morgan fingerprint density at radius 1 is 1.17 bits per heavy atom. The molecule has 1 unspecified atom stereocenters. The van der Waals surface area contributed by atoms with Crippen molar-refractivity contribution >= 4 is 12.1 Å². The van der Waals surface area contributed by atoms with Crippen molar-refractivity contribution in [2.24, 2.45) is 0 Å². The quantitative estimate of drug-likeness (QED) is 0.590. The number of carbonyl (C=O) groups excluding carboxylic acids is 2. The first kappa shape index (κ1) is 20.0.